The van der Waals surface area contributed by atoms with Crippen LogP contribution in [0.25, 0.3) is 0 Å². The predicted octanol–water partition coefficient (Wildman–Crippen LogP) is 1.97. The Morgan fingerprint density at radius 1 is 1.42 bits per heavy atom. The van der Waals surface area contributed by atoms with E-state index in [1.807, 2.05) is 14.1 Å². The van der Waals surface area contributed by atoms with E-state index in [0.717, 1.165) is 12.2 Å². The molecule has 4 N–H and O–H groups in total. The second kappa shape index (κ2) is 6.43. The van der Waals surface area contributed by atoms with E-state index in [0.29, 0.717) is 5.92 Å². The Bertz CT molecular complexity index is 444. The lowest BCUT2D eigenvalue weighted by Gasteiger charge is -2.26. The minimum atomic E-state index is -1.00. The van der Waals surface area contributed by atoms with E-state index in [9.17, 15) is 4.79 Å². The zero-order valence-corrected chi connectivity index (χ0v) is 12.0. The molecule has 0 heterocycles. The first-order valence-electron chi connectivity index (χ1n) is 6.35. The molecule has 0 aliphatic heterocycles. The van der Waals surface area contributed by atoms with Gasteiger partial charge in [-0.2, -0.15) is 0 Å². The third-order valence-corrected chi connectivity index (χ3v) is 3.00. The average molecular weight is 265 g/mol. The molecule has 0 bridgehead atoms. The van der Waals surface area contributed by atoms with Gasteiger partial charge in [0.15, 0.2) is 0 Å². The van der Waals surface area contributed by atoms with Crippen LogP contribution in [0.3, 0.4) is 0 Å². The van der Waals surface area contributed by atoms with Crippen molar-refractivity contribution in [3.05, 3.63) is 23.8 Å². The van der Waals surface area contributed by atoms with Gasteiger partial charge in [-0.3, -0.25) is 0 Å². The van der Waals surface area contributed by atoms with Crippen molar-refractivity contribution >= 4 is 17.3 Å². The van der Waals surface area contributed by atoms with E-state index in [4.69, 9.17) is 10.8 Å². The van der Waals surface area contributed by atoms with Gasteiger partial charge in [0.1, 0.15) is 0 Å². The summed E-state index contributed by atoms with van der Waals surface area (Å²) in [6.45, 7) is 5.20. The van der Waals surface area contributed by atoms with Crippen LogP contribution >= 0.6 is 0 Å². The van der Waals surface area contributed by atoms with E-state index in [1.54, 1.807) is 12.1 Å². The summed E-state index contributed by atoms with van der Waals surface area (Å²) < 4.78 is 0. The minimum Gasteiger partial charge on any atom is -0.478 e. The van der Waals surface area contributed by atoms with Crippen LogP contribution in [0.5, 0.6) is 0 Å². The molecular weight excluding hydrogens is 242 g/mol. The number of nitrogens with one attached hydrogen (secondary N) is 1. The number of anilines is 2. The van der Waals surface area contributed by atoms with Crippen molar-refractivity contribution in [1.82, 2.24) is 4.90 Å². The summed E-state index contributed by atoms with van der Waals surface area (Å²) in [5.41, 5.74) is 7.01. The van der Waals surface area contributed by atoms with Crippen LogP contribution in [0.4, 0.5) is 11.4 Å². The Morgan fingerprint density at radius 3 is 2.47 bits per heavy atom. The van der Waals surface area contributed by atoms with Gasteiger partial charge in [-0.15, -0.1) is 0 Å². The second-order valence-corrected chi connectivity index (χ2v) is 5.36. The summed E-state index contributed by atoms with van der Waals surface area (Å²) in [5, 5.41) is 12.3. The van der Waals surface area contributed by atoms with Crippen molar-refractivity contribution in [2.24, 2.45) is 5.92 Å². The fraction of sp³-hybridized carbons (Fsp3) is 0.500. The van der Waals surface area contributed by atoms with Crippen LogP contribution < -0.4 is 11.1 Å². The van der Waals surface area contributed by atoms with E-state index >= 15 is 0 Å². The molecule has 0 aliphatic carbocycles. The lowest BCUT2D eigenvalue weighted by molar-refractivity contribution is 0.0698. The number of hydrogen-bond acceptors (Lipinski definition) is 4. The molecule has 0 aromatic heterocycles. The number of hydrogen-bond donors (Lipinski definition) is 3. The van der Waals surface area contributed by atoms with Crippen molar-refractivity contribution in [2.45, 2.75) is 19.9 Å². The maximum absolute atomic E-state index is 10.9. The summed E-state index contributed by atoms with van der Waals surface area (Å²) in [5.74, 6) is -0.541. The molecule has 0 amide bonds. The van der Waals surface area contributed by atoms with Crippen molar-refractivity contribution in [1.29, 1.82) is 0 Å². The molecule has 5 heteroatoms. The highest BCUT2D eigenvalue weighted by Crippen LogP contribution is 2.20. The quantitative estimate of drug-likeness (QED) is 0.685. The standard InChI is InChI=1S/C14H23N3O2/c1-9(2)13(8-17(3)4)16-10-5-6-11(14(18)19)12(15)7-10/h5-7,9,13,16H,8,15H2,1-4H3,(H,18,19). The number of carboxylic acid groups (broad SMARTS) is 1. The average Bonchev–Trinajstić information content (AvgIpc) is 2.26. The highest BCUT2D eigenvalue weighted by atomic mass is 16.4. The van der Waals surface area contributed by atoms with Gasteiger partial charge in [-0.1, -0.05) is 13.8 Å². The van der Waals surface area contributed by atoms with Crippen LogP contribution in [0, 0.1) is 5.92 Å². The topological polar surface area (TPSA) is 78.6 Å². The number of carbonyl (C=O) groups is 1. The van der Waals surface area contributed by atoms with Gasteiger partial charge in [0.25, 0.3) is 0 Å². The highest BCUT2D eigenvalue weighted by molar-refractivity contribution is 5.94. The number of nitrogens with zero attached hydrogens (tertiary/aromatic N) is 1. The molecule has 0 saturated heterocycles. The Kier molecular flexibility index (Phi) is 5.18. The molecular formula is C14H23N3O2. The smallest absolute Gasteiger partial charge is 0.337 e. The number of carboxylic acids is 1. The molecule has 0 fully saturated rings. The number of benzene rings is 1. The minimum absolute atomic E-state index is 0.138. The van der Waals surface area contributed by atoms with Crippen LogP contribution in [0.2, 0.25) is 0 Å². The number of aromatic carboxylic acids is 1. The Morgan fingerprint density at radius 2 is 2.05 bits per heavy atom. The molecule has 1 unspecified atom stereocenters. The first-order chi connectivity index (χ1) is 8.81. The zero-order chi connectivity index (χ0) is 14.6. The molecule has 106 valence electrons. The second-order valence-electron chi connectivity index (χ2n) is 5.36. The lowest BCUT2D eigenvalue weighted by Crippen LogP contribution is -2.36. The molecule has 0 radical (unpaired) electrons. The monoisotopic (exact) mass is 265 g/mol. The molecule has 1 aromatic carbocycles. The fourth-order valence-corrected chi connectivity index (χ4v) is 1.88. The van der Waals surface area contributed by atoms with Crippen LogP contribution in [-0.2, 0) is 0 Å². The maximum Gasteiger partial charge on any atom is 0.337 e. The van der Waals surface area contributed by atoms with Crippen molar-refractivity contribution < 1.29 is 9.90 Å². The van der Waals surface area contributed by atoms with Gasteiger partial charge in [-0.25, -0.2) is 4.79 Å². The molecule has 1 aromatic rings. The summed E-state index contributed by atoms with van der Waals surface area (Å²) in [7, 11) is 4.05. The largest absolute Gasteiger partial charge is 0.478 e. The zero-order valence-electron chi connectivity index (χ0n) is 12.0. The molecule has 0 aliphatic rings. The van der Waals surface area contributed by atoms with Crippen molar-refractivity contribution in [3.63, 3.8) is 0 Å². The SMILES string of the molecule is CC(C)C(CN(C)C)Nc1ccc(C(=O)O)c(N)c1. The fourth-order valence-electron chi connectivity index (χ4n) is 1.88. The molecule has 5 nitrogen and oxygen atoms in total. The van der Waals surface area contributed by atoms with E-state index in [-0.39, 0.29) is 17.3 Å². The molecule has 1 rings (SSSR count). The van der Waals surface area contributed by atoms with E-state index < -0.39 is 5.97 Å². The summed E-state index contributed by atoms with van der Waals surface area (Å²) in [6.07, 6.45) is 0. The number of nitrogen functional groups attached to an aromatic ring is 1. The van der Waals surface area contributed by atoms with Gasteiger partial charge in [-0.05, 0) is 38.2 Å². The molecule has 0 spiro atoms. The molecule has 0 saturated carbocycles. The first-order valence-corrected chi connectivity index (χ1v) is 6.35. The Labute approximate surface area is 114 Å². The normalized spacial score (nSPS) is 12.7. The van der Waals surface area contributed by atoms with Crippen molar-refractivity contribution in [3.8, 4) is 0 Å². The maximum atomic E-state index is 10.9. The van der Waals surface area contributed by atoms with Gasteiger partial charge in [0, 0.05) is 24.0 Å². The first kappa shape index (κ1) is 15.3. The third kappa shape index (κ3) is 4.44. The number of likely N-dealkylation sites (N-methyl/N-ethyl adjacent to an activating group) is 1. The molecule has 19 heavy (non-hydrogen) atoms. The Hall–Kier alpha value is -1.75. The number of rotatable bonds is 6. The van der Waals surface area contributed by atoms with Gasteiger partial charge in [0.2, 0.25) is 0 Å². The predicted molar refractivity (Wildman–Crippen MR) is 78.6 cm³/mol. The summed E-state index contributed by atoms with van der Waals surface area (Å²) >= 11 is 0. The lowest BCUT2D eigenvalue weighted by atomic mass is 10.0. The summed E-state index contributed by atoms with van der Waals surface area (Å²) in [6, 6.07) is 5.25. The highest BCUT2D eigenvalue weighted by Gasteiger charge is 2.15. The van der Waals surface area contributed by atoms with Crippen LogP contribution in [0.15, 0.2) is 18.2 Å². The Balaban J connectivity index is 2.85. The van der Waals surface area contributed by atoms with Gasteiger partial charge in [0.05, 0.1) is 5.56 Å². The van der Waals surface area contributed by atoms with Crippen LogP contribution in [0.1, 0.15) is 24.2 Å². The third-order valence-electron chi connectivity index (χ3n) is 3.00. The van der Waals surface area contributed by atoms with Crippen molar-refractivity contribution in [2.75, 3.05) is 31.7 Å². The number of nitrogens with two attached hydrogens (primary N) is 1. The molecule has 1 atom stereocenters. The van der Waals surface area contributed by atoms with Gasteiger partial charge < -0.3 is 21.1 Å². The summed E-state index contributed by atoms with van der Waals surface area (Å²) in [4.78, 5) is 13.0. The van der Waals surface area contributed by atoms with E-state index in [1.165, 1.54) is 6.07 Å². The van der Waals surface area contributed by atoms with Crippen LogP contribution in [-0.4, -0.2) is 42.7 Å². The van der Waals surface area contributed by atoms with E-state index in [2.05, 4.69) is 24.1 Å². The van der Waals surface area contributed by atoms with Gasteiger partial charge >= 0.3 is 5.97 Å².